The van der Waals surface area contributed by atoms with Crippen LogP contribution in [-0.4, -0.2) is 31.0 Å². The van der Waals surface area contributed by atoms with Gasteiger partial charge < -0.3 is 14.8 Å². The third kappa shape index (κ3) is 11.2. The second kappa shape index (κ2) is 12.7. The fourth-order valence-electron chi connectivity index (χ4n) is 1.35. The summed E-state index contributed by atoms with van der Waals surface area (Å²) in [5, 5.41) is 9.82. The Hall–Kier alpha value is -0.350. The van der Waals surface area contributed by atoms with Crippen molar-refractivity contribution in [1.29, 1.82) is 0 Å². The summed E-state index contributed by atoms with van der Waals surface area (Å²) in [6.07, 6.45) is 1.23. The first kappa shape index (κ1) is 21.0. The first-order valence-corrected chi connectivity index (χ1v) is 6.44. The standard InChI is InChI=1S/C10H14.C5H11NO2.Na/c1-3-9(2)10-7-5-4-6-8-10;1-3-6(2)4-5(7)8;/h4-9H,3H2,1-2H3;3-4H2,1-2H3,(H,7,8);/q;;+1/p-1. The summed E-state index contributed by atoms with van der Waals surface area (Å²) in [6, 6.07) is 10.6. The Labute approximate surface area is 139 Å². The molecule has 4 heteroatoms. The van der Waals surface area contributed by atoms with Crippen molar-refractivity contribution in [1.82, 2.24) is 4.90 Å². The van der Waals surface area contributed by atoms with E-state index in [9.17, 15) is 9.90 Å². The van der Waals surface area contributed by atoms with Crippen LogP contribution < -0.4 is 34.7 Å². The zero-order chi connectivity index (χ0) is 14.0. The number of hydrogen-bond acceptors (Lipinski definition) is 3. The Morgan fingerprint density at radius 1 is 1.26 bits per heavy atom. The van der Waals surface area contributed by atoms with Crippen LogP contribution in [0.5, 0.6) is 0 Å². The predicted octanol–water partition coefficient (Wildman–Crippen LogP) is -1.11. The molecule has 1 rings (SSSR count). The quantitative estimate of drug-likeness (QED) is 0.639. The Bertz CT molecular complexity index is 330. The summed E-state index contributed by atoms with van der Waals surface area (Å²) < 4.78 is 0. The smallest absolute Gasteiger partial charge is 0.549 e. The summed E-state index contributed by atoms with van der Waals surface area (Å²) in [7, 11) is 1.73. The van der Waals surface area contributed by atoms with Gasteiger partial charge >= 0.3 is 29.6 Å². The molecule has 19 heavy (non-hydrogen) atoms. The number of carbonyl (C=O) groups excluding carboxylic acids is 1. The molecule has 1 aromatic carbocycles. The molecule has 0 saturated heterocycles. The van der Waals surface area contributed by atoms with Gasteiger partial charge in [-0.1, -0.05) is 51.1 Å². The number of hydrogen-bond donors (Lipinski definition) is 0. The minimum absolute atomic E-state index is 0. The molecule has 3 nitrogen and oxygen atoms in total. The molecule has 0 aromatic heterocycles. The number of likely N-dealkylation sites (N-methyl/N-ethyl adjacent to an activating group) is 1. The summed E-state index contributed by atoms with van der Waals surface area (Å²) in [5.41, 5.74) is 1.45. The molecule has 0 aliphatic heterocycles. The van der Waals surface area contributed by atoms with Crippen molar-refractivity contribution in [3.63, 3.8) is 0 Å². The monoisotopic (exact) mass is 273 g/mol. The van der Waals surface area contributed by atoms with E-state index in [1.54, 1.807) is 11.9 Å². The van der Waals surface area contributed by atoms with E-state index in [1.165, 1.54) is 12.0 Å². The van der Waals surface area contributed by atoms with Crippen LogP contribution in [0.1, 0.15) is 38.7 Å². The van der Waals surface area contributed by atoms with E-state index in [0.717, 1.165) is 6.54 Å². The van der Waals surface area contributed by atoms with E-state index in [0.29, 0.717) is 5.92 Å². The van der Waals surface area contributed by atoms with Gasteiger partial charge in [0.05, 0.1) is 5.97 Å². The van der Waals surface area contributed by atoms with Gasteiger partial charge in [0, 0.05) is 6.54 Å². The van der Waals surface area contributed by atoms with E-state index in [-0.39, 0.29) is 36.1 Å². The number of rotatable bonds is 5. The van der Waals surface area contributed by atoms with Crippen molar-refractivity contribution in [2.45, 2.75) is 33.1 Å². The molecular weight excluding hydrogens is 249 g/mol. The zero-order valence-corrected chi connectivity index (χ0v) is 14.8. The maximum absolute atomic E-state index is 9.82. The number of carbonyl (C=O) groups is 1. The molecule has 0 aliphatic carbocycles. The third-order valence-electron chi connectivity index (χ3n) is 2.92. The Morgan fingerprint density at radius 3 is 2.11 bits per heavy atom. The van der Waals surface area contributed by atoms with Gasteiger partial charge in [-0.25, -0.2) is 0 Å². The van der Waals surface area contributed by atoms with Gasteiger partial charge in [-0.3, -0.25) is 0 Å². The van der Waals surface area contributed by atoms with Crippen molar-refractivity contribution >= 4 is 5.97 Å². The van der Waals surface area contributed by atoms with E-state index >= 15 is 0 Å². The van der Waals surface area contributed by atoms with Gasteiger partial charge in [0.15, 0.2) is 0 Å². The van der Waals surface area contributed by atoms with Crippen molar-refractivity contribution in [3.05, 3.63) is 35.9 Å². The van der Waals surface area contributed by atoms with Crippen LogP contribution in [0.25, 0.3) is 0 Å². The fourth-order valence-corrected chi connectivity index (χ4v) is 1.35. The molecule has 0 bridgehead atoms. The molecule has 1 aromatic rings. The molecule has 1 unspecified atom stereocenters. The molecule has 1 atom stereocenters. The van der Waals surface area contributed by atoms with Crippen LogP contribution >= 0.6 is 0 Å². The molecule has 0 fully saturated rings. The van der Waals surface area contributed by atoms with Crippen LogP contribution in [0.15, 0.2) is 30.3 Å². The second-order valence-electron chi connectivity index (χ2n) is 4.42. The molecule has 0 radical (unpaired) electrons. The van der Waals surface area contributed by atoms with Gasteiger partial charge in [-0.15, -0.1) is 0 Å². The first-order chi connectivity index (χ1) is 8.51. The van der Waals surface area contributed by atoms with Gasteiger partial charge in [0.1, 0.15) is 0 Å². The number of aliphatic carboxylic acids is 1. The molecule has 0 heterocycles. The van der Waals surface area contributed by atoms with Crippen LogP contribution in [-0.2, 0) is 4.79 Å². The molecule has 102 valence electrons. The number of nitrogens with zero attached hydrogens (tertiary/aromatic N) is 1. The summed E-state index contributed by atoms with van der Waals surface area (Å²) in [4.78, 5) is 11.5. The van der Waals surface area contributed by atoms with Crippen LogP contribution in [0, 0.1) is 0 Å². The molecule has 0 saturated carbocycles. The molecule has 0 amide bonds. The van der Waals surface area contributed by atoms with Crippen molar-refractivity contribution in [2.24, 2.45) is 0 Å². The largest absolute Gasteiger partial charge is 1.00 e. The molecule has 0 aliphatic rings. The third-order valence-corrected chi connectivity index (χ3v) is 2.92. The van der Waals surface area contributed by atoms with Gasteiger partial charge in [0.25, 0.3) is 0 Å². The minimum atomic E-state index is -1.02. The van der Waals surface area contributed by atoms with Gasteiger partial charge in [-0.2, -0.15) is 0 Å². The Morgan fingerprint density at radius 2 is 1.79 bits per heavy atom. The molecule has 0 N–H and O–H groups in total. The second-order valence-corrected chi connectivity index (χ2v) is 4.42. The van der Waals surface area contributed by atoms with Gasteiger partial charge in [-0.05, 0) is 31.5 Å². The number of benzene rings is 1. The SMILES string of the molecule is CCC(C)c1ccccc1.CCN(C)CC(=O)[O-].[Na+]. The Kier molecular flexibility index (Phi) is 14.0. The van der Waals surface area contributed by atoms with E-state index in [1.807, 2.05) is 6.92 Å². The fraction of sp³-hybridized carbons (Fsp3) is 0.533. The summed E-state index contributed by atoms with van der Waals surface area (Å²) >= 11 is 0. The summed E-state index contributed by atoms with van der Waals surface area (Å²) in [5.74, 6) is -0.310. The van der Waals surface area contributed by atoms with Crippen LogP contribution in [0.4, 0.5) is 0 Å². The molecule has 0 spiro atoms. The molecular formula is C15H24NNaO2. The Balaban J connectivity index is 0. The van der Waals surface area contributed by atoms with Crippen molar-refractivity contribution in [3.8, 4) is 0 Å². The van der Waals surface area contributed by atoms with E-state index < -0.39 is 5.97 Å². The maximum Gasteiger partial charge on any atom is 1.00 e. The number of carboxylic acids is 1. The van der Waals surface area contributed by atoms with E-state index in [2.05, 4.69) is 44.2 Å². The van der Waals surface area contributed by atoms with Crippen molar-refractivity contribution in [2.75, 3.05) is 20.1 Å². The van der Waals surface area contributed by atoms with Crippen molar-refractivity contribution < 1.29 is 39.5 Å². The topological polar surface area (TPSA) is 43.4 Å². The first-order valence-electron chi connectivity index (χ1n) is 6.44. The van der Waals surface area contributed by atoms with Gasteiger partial charge in [0.2, 0.25) is 0 Å². The zero-order valence-electron chi connectivity index (χ0n) is 12.8. The average Bonchev–Trinajstić information content (AvgIpc) is 2.38. The average molecular weight is 273 g/mol. The number of carboxylic acid groups (broad SMARTS) is 1. The summed E-state index contributed by atoms with van der Waals surface area (Å²) in [6.45, 7) is 7.14. The predicted molar refractivity (Wildman–Crippen MR) is 73.3 cm³/mol. The maximum atomic E-state index is 9.82. The minimum Gasteiger partial charge on any atom is -0.549 e. The van der Waals surface area contributed by atoms with E-state index in [4.69, 9.17) is 0 Å². The van der Waals surface area contributed by atoms with Crippen LogP contribution in [0.2, 0.25) is 0 Å². The van der Waals surface area contributed by atoms with Crippen LogP contribution in [0.3, 0.4) is 0 Å². The normalized spacial score (nSPS) is 11.0.